The number of nitrogens with zero attached hydrogens (tertiary/aromatic N) is 1. The molecule has 0 aliphatic rings. The number of carbonyl (C=O) groups excluding carboxylic acids is 2. The van der Waals surface area contributed by atoms with Crippen molar-refractivity contribution in [3.63, 3.8) is 0 Å². The predicted molar refractivity (Wildman–Crippen MR) is 92.0 cm³/mol. The SMILES string of the molecule is Cc1nc(C(C)C)sc1C(=O)NCCNC(=O)c1ccccc1F. The van der Waals surface area contributed by atoms with Gasteiger partial charge in [0.1, 0.15) is 10.7 Å². The molecule has 128 valence electrons. The molecule has 0 atom stereocenters. The topological polar surface area (TPSA) is 71.1 Å². The maximum atomic E-state index is 13.5. The van der Waals surface area contributed by atoms with Crippen molar-refractivity contribution in [3.05, 3.63) is 51.2 Å². The number of aromatic nitrogens is 1. The highest BCUT2D eigenvalue weighted by atomic mass is 32.1. The molecule has 2 rings (SSSR count). The van der Waals surface area contributed by atoms with E-state index in [1.54, 1.807) is 13.0 Å². The minimum Gasteiger partial charge on any atom is -0.350 e. The molecule has 0 aliphatic carbocycles. The van der Waals surface area contributed by atoms with Gasteiger partial charge in [0.05, 0.1) is 16.3 Å². The molecule has 0 saturated heterocycles. The van der Waals surface area contributed by atoms with Crippen molar-refractivity contribution in [1.29, 1.82) is 0 Å². The first-order valence-electron chi connectivity index (χ1n) is 7.68. The Hall–Kier alpha value is -2.28. The second-order valence-corrected chi connectivity index (χ2v) is 6.64. The molecule has 2 N–H and O–H groups in total. The van der Waals surface area contributed by atoms with Crippen LogP contribution in [0, 0.1) is 12.7 Å². The highest BCUT2D eigenvalue weighted by molar-refractivity contribution is 7.13. The van der Waals surface area contributed by atoms with Gasteiger partial charge in [-0.1, -0.05) is 26.0 Å². The summed E-state index contributed by atoms with van der Waals surface area (Å²) in [5, 5.41) is 6.24. The summed E-state index contributed by atoms with van der Waals surface area (Å²) in [7, 11) is 0. The maximum Gasteiger partial charge on any atom is 0.263 e. The van der Waals surface area contributed by atoms with Gasteiger partial charge in [0.25, 0.3) is 11.8 Å². The van der Waals surface area contributed by atoms with E-state index in [0.717, 1.165) is 5.01 Å². The Balaban J connectivity index is 1.83. The Morgan fingerprint density at radius 1 is 1.17 bits per heavy atom. The molecule has 1 aromatic heterocycles. The third-order valence-corrected chi connectivity index (χ3v) is 4.78. The number of carbonyl (C=O) groups is 2. The molecule has 0 bridgehead atoms. The highest BCUT2D eigenvalue weighted by Crippen LogP contribution is 2.24. The number of nitrogens with one attached hydrogen (secondary N) is 2. The highest BCUT2D eigenvalue weighted by Gasteiger charge is 2.16. The van der Waals surface area contributed by atoms with Gasteiger partial charge >= 0.3 is 0 Å². The van der Waals surface area contributed by atoms with Gasteiger partial charge in [-0.2, -0.15) is 0 Å². The van der Waals surface area contributed by atoms with Crippen LogP contribution in [-0.2, 0) is 0 Å². The van der Waals surface area contributed by atoms with Crippen molar-refractivity contribution in [3.8, 4) is 0 Å². The normalized spacial score (nSPS) is 10.7. The molecule has 24 heavy (non-hydrogen) atoms. The number of amides is 2. The lowest BCUT2D eigenvalue weighted by Crippen LogP contribution is -2.34. The van der Waals surface area contributed by atoms with Gasteiger partial charge in [-0.25, -0.2) is 9.37 Å². The molecule has 0 fully saturated rings. The van der Waals surface area contributed by atoms with E-state index >= 15 is 0 Å². The zero-order chi connectivity index (χ0) is 17.7. The van der Waals surface area contributed by atoms with Crippen LogP contribution in [0.2, 0.25) is 0 Å². The molecule has 5 nitrogen and oxygen atoms in total. The van der Waals surface area contributed by atoms with Crippen LogP contribution in [0.1, 0.15) is 50.5 Å². The summed E-state index contributed by atoms with van der Waals surface area (Å²) < 4.78 is 13.5. The number of rotatable bonds is 6. The van der Waals surface area contributed by atoms with E-state index in [9.17, 15) is 14.0 Å². The molecule has 7 heteroatoms. The van der Waals surface area contributed by atoms with Crippen LogP contribution < -0.4 is 10.6 Å². The summed E-state index contributed by atoms with van der Waals surface area (Å²) in [5.74, 6) is -1.01. The molecule has 2 amide bonds. The summed E-state index contributed by atoms with van der Waals surface area (Å²) in [6.45, 7) is 6.33. The Bertz CT molecular complexity index is 743. The first-order chi connectivity index (χ1) is 11.4. The molecular weight excluding hydrogens is 329 g/mol. The van der Waals surface area contributed by atoms with Crippen LogP contribution in [0.3, 0.4) is 0 Å². The van der Waals surface area contributed by atoms with Gasteiger partial charge in [0.2, 0.25) is 0 Å². The van der Waals surface area contributed by atoms with E-state index in [-0.39, 0.29) is 30.5 Å². The average molecular weight is 349 g/mol. The summed E-state index contributed by atoms with van der Waals surface area (Å²) in [4.78, 5) is 29.0. The van der Waals surface area contributed by atoms with E-state index in [2.05, 4.69) is 15.6 Å². The Labute approximate surface area is 144 Å². The number of aryl methyl sites for hydroxylation is 1. The van der Waals surface area contributed by atoms with Crippen LogP contribution in [0.15, 0.2) is 24.3 Å². The number of benzene rings is 1. The van der Waals surface area contributed by atoms with Crippen molar-refractivity contribution in [2.45, 2.75) is 26.7 Å². The average Bonchev–Trinajstić information content (AvgIpc) is 2.94. The van der Waals surface area contributed by atoms with E-state index in [0.29, 0.717) is 10.6 Å². The zero-order valence-electron chi connectivity index (χ0n) is 13.9. The standard InChI is InChI=1S/C17H20FN3O2S/c1-10(2)17-21-11(3)14(24-17)16(23)20-9-8-19-15(22)12-6-4-5-7-13(12)18/h4-7,10H,8-9H2,1-3H3,(H,19,22)(H,20,23). The third-order valence-electron chi connectivity index (χ3n) is 3.33. The van der Waals surface area contributed by atoms with E-state index < -0.39 is 11.7 Å². The summed E-state index contributed by atoms with van der Waals surface area (Å²) in [6.07, 6.45) is 0. The Morgan fingerprint density at radius 3 is 2.38 bits per heavy atom. The van der Waals surface area contributed by atoms with Crippen LogP contribution in [0.4, 0.5) is 4.39 Å². The van der Waals surface area contributed by atoms with Crippen molar-refractivity contribution in [2.75, 3.05) is 13.1 Å². The summed E-state index contributed by atoms with van der Waals surface area (Å²) in [6, 6.07) is 5.76. The predicted octanol–water partition coefficient (Wildman–Crippen LogP) is 2.87. The van der Waals surface area contributed by atoms with Crippen LogP contribution in [0.25, 0.3) is 0 Å². The van der Waals surface area contributed by atoms with Gasteiger partial charge in [-0.05, 0) is 19.1 Å². The molecule has 2 aromatic rings. The maximum absolute atomic E-state index is 13.5. The zero-order valence-corrected chi connectivity index (χ0v) is 14.7. The van der Waals surface area contributed by atoms with Gasteiger partial charge in [-0.3, -0.25) is 9.59 Å². The second kappa shape index (κ2) is 8.01. The van der Waals surface area contributed by atoms with Crippen LogP contribution in [0.5, 0.6) is 0 Å². The Morgan fingerprint density at radius 2 is 1.79 bits per heavy atom. The van der Waals surface area contributed by atoms with E-state index in [1.165, 1.54) is 29.5 Å². The van der Waals surface area contributed by atoms with E-state index in [4.69, 9.17) is 0 Å². The number of thiazole rings is 1. The minimum absolute atomic E-state index is 0.0105. The van der Waals surface area contributed by atoms with Crippen LogP contribution >= 0.6 is 11.3 Å². The van der Waals surface area contributed by atoms with Crippen molar-refractivity contribution in [1.82, 2.24) is 15.6 Å². The smallest absolute Gasteiger partial charge is 0.263 e. The number of halogens is 1. The Kier molecular flexibility index (Phi) is 6.03. The molecule has 0 aliphatic heterocycles. The lowest BCUT2D eigenvalue weighted by atomic mass is 10.2. The molecule has 1 aromatic carbocycles. The lowest BCUT2D eigenvalue weighted by molar-refractivity contribution is 0.0927. The number of hydrogen-bond donors (Lipinski definition) is 2. The molecule has 0 saturated carbocycles. The van der Waals surface area contributed by atoms with Gasteiger partial charge in [0.15, 0.2) is 0 Å². The third kappa shape index (κ3) is 4.38. The van der Waals surface area contributed by atoms with Crippen molar-refractivity contribution < 1.29 is 14.0 Å². The second-order valence-electron chi connectivity index (χ2n) is 5.61. The fourth-order valence-electron chi connectivity index (χ4n) is 2.05. The fourth-order valence-corrected chi connectivity index (χ4v) is 3.03. The first-order valence-corrected chi connectivity index (χ1v) is 8.50. The number of hydrogen-bond acceptors (Lipinski definition) is 4. The first kappa shape index (κ1) is 18.1. The van der Waals surface area contributed by atoms with Crippen molar-refractivity contribution >= 4 is 23.2 Å². The molecule has 0 unspecified atom stereocenters. The monoisotopic (exact) mass is 349 g/mol. The quantitative estimate of drug-likeness (QED) is 0.788. The van der Waals surface area contributed by atoms with Gasteiger partial charge in [0, 0.05) is 19.0 Å². The summed E-state index contributed by atoms with van der Waals surface area (Å²) >= 11 is 1.38. The van der Waals surface area contributed by atoms with Gasteiger partial charge < -0.3 is 10.6 Å². The molecule has 0 spiro atoms. The van der Waals surface area contributed by atoms with Crippen LogP contribution in [-0.4, -0.2) is 29.9 Å². The fraction of sp³-hybridized carbons (Fsp3) is 0.353. The minimum atomic E-state index is -0.569. The molecule has 0 radical (unpaired) electrons. The van der Waals surface area contributed by atoms with E-state index in [1.807, 2.05) is 13.8 Å². The molecule has 1 heterocycles. The summed E-state index contributed by atoms with van der Waals surface area (Å²) in [5.41, 5.74) is 0.695. The van der Waals surface area contributed by atoms with Gasteiger partial charge in [-0.15, -0.1) is 11.3 Å². The largest absolute Gasteiger partial charge is 0.350 e. The van der Waals surface area contributed by atoms with Crippen molar-refractivity contribution in [2.24, 2.45) is 0 Å². The molecular formula is C17H20FN3O2S. The lowest BCUT2D eigenvalue weighted by Gasteiger charge is -2.07.